The van der Waals surface area contributed by atoms with Crippen molar-refractivity contribution in [2.45, 2.75) is 31.8 Å². The molecule has 1 atom stereocenters. The van der Waals surface area contributed by atoms with Gasteiger partial charge in [-0.3, -0.25) is 4.79 Å². The first kappa shape index (κ1) is 16.2. The van der Waals surface area contributed by atoms with Crippen molar-refractivity contribution in [3.63, 3.8) is 0 Å². The Balaban J connectivity index is 4.43. The van der Waals surface area contributed by atoms with E-state index in [0.29, 0.717) is 0 Å². The minimum Gasteiger partial charge on any atom is -0.480 e. The lowest BCUT2D eigenvalue weighted by molar-refractivity contribution is -0.139. The van der Waals surface area contributed by atoms with Crippen molar-refractivity contribution in [3.8, 4) is 0 Å². The lowest BCUT2D eigenvalue weighted by Gasteiger charge is -2.24. The molecule has 0 heterocycles. The smallest absolute Gasteiger partial charge is 0.326 e. The summed E-state index contributed by atoms with van der Waals surface area (Å²) in [4.78, 5) is 33.3. The van der Waals surface area contributed by atoms with Gasteiger partial charge < -0.3 is 26.2 Å². The van der Waals surface area contributed by atoms with Crippen LogP contribution in [0.3, 0.4) is 0 Å². The fraction of sp³-hybridized carbons (Fsp3) is 0.700. The number of nitrogens with one attached hydrogen (secondary N) is 2. The normalized spacial score (nSPS) is 12.6. The molecule has 0 aromatic rings. The van der Waals surface area contributed by atoms with Crippen molar-refractivity contribution in [1.82, 2.24) is 10.6 Å². The Morgan fingerprint density at radius 1 is 1.39 bits per heavy atom. The first-order valence-corrected chi connectivity index (χ1v) is 5.31. The molecule has 0 spiro atoms. The minimum atomic E-state index is -1.26. The highest BCUT2D eigenvalue weighted by molar-refractivity contribution is 5.90. The van der Waals surface area contributed by atoms with Crippen molar-refractivity contribution in [2.24, 2.45) is 5.73 Å². The zero-order valence-electron chi connectivity index (χ0n) is 10.6. The fourth-order valence-electron chi connectivity index (χ4n) is 1.03. The summed E-state index contributed by atoms with van der Waals surface area (Å²) in [7, 11) is 1.43. The summed E-state index contributed by atoms with van der Waals surface area (Å²) in [6.07, 6.45) is 0.121. The molecule has 5 N–H and O–H groups in total. The molecule has 104 valence electrons. The number of amides is 3. The summed E-state index contributed by atoms with van der Waals surface area (Å²) in [5, 5.41) is 13.4. The topological polar surface area (TPSA) is 131 Å². The second kappa shape index (κ2) is 6.80. The average Bonchev–Trinajstić information content (AvgIpc) is 2.22. The monoisotopic (exact) mass is 261 g/mol. The van der Waals surface area contributed by atoms with Crippen molar-refractivity contribution < 1.29 is 24.2 Å². The lowest BCUT2D eigenvalue weighted by atomic mass is 10.1. The standard InChI is InChI=1S/C10H19N3O5/c1-10(2,8(11)16)13-9(17)12-6(7(14)15)4-5-18-3/h6H,4-5H2,1-3H3,(H2,11,16)(H,14,15)(H2,12,13,17). The van der Waals surface area contributed by atoms with Gasteiger partial charge in [0.15, 0.2) is 0 Å². The van der Waals surface area contributed by atoms with Crippen molar-refractivity contribution >= 4 is 17.9 Å². The molecular formula is C10H19N3O5. The predicted molar refractivity (Wildman–Crippen MR) is 62.9 cm³/mol. The second-order valence-electron chi connectivity index (χ2n) is 4.26. The van der Waals surface area contributed by atoms with Crippen LogP contribution in [0.5, 0.6) is 0 Å². The van der Waals surface area contributed by atoms with Crippen LogP contribution >= 0.6 is 0 Å². The van der Waals surface area contributed by atoms with Crippen LogP contribution in [0.1, 0.15) is 20.3 Å². The zero-order chi connectivity index (χ0) is 14.3. The number of carbonyl (C=O) groups excluding carboxylic acids is 2. The molecule has 8 nitrogen and oxygen atoms in total. The summed E-state index contributed by atoms with van der Waals surface area (Å²) >= 11 is 0. The number of methoxy groups -OCH3 is 1. The number of hydrogen-bond donors (Lipinski definition) is 4. The van der Waals surface area contributed by atoms with Gasteiger partial charge in [-0.05, 0) is 13.8 Å². The largest absolute Gasteiger partial charge is 0.480 e. The van der Waals surface area contributed by atoms with Gasteiger partial charge in [-0.2, -0.15) is 0 Å². The number of carbonyl (C=O) groups is 3. The van der Waals surface area contributed by atoms with Crippen LogP contribution in [-0.4, -0.2) is 48.3 Å². The van der Waals surface area contributed by atoms with Gasteiger partial charge >= 0.3 is 12.0 Å². The van der Waals surface area contributed by atoms with E-state index in [0.717, 1.165) is 0 Å². The van der Waals surface area contributed by atoms with Gasteiger partial charge in [0, 0.05) is 20.1 Å². The van der Waals surface area contributed by atoms with Crippen LogP contribution in [0, 0.1) is 0 Å². The van der Waals surface area contributed by atoms with Gasteiger partial charge in [0.1, 0.15) is 11.6 Å². The third-order valence-corrected chi connectivity index (χ3v) is 2.26. The van der Waals surface area contributed by atoms with E-state index < -0.39 is 29.5 Å². The number of carboxylic acids is 1. The molecule has 0 aliphatic heterocycles. The Morgan fingerprint density at radius 3 is 2.33 bits per heavy atom. The van der Waals surface area contributed by atoms with Crippen LogP contribution in [0.15, 0.2) is 0 Å². The molecule has 0 aromatic carbocycles. The number of ether oxygens (including phenoxy) is 1. The van der Waals surface area contributed by atoms with Crippen molar-refractivity contribution in [1.29, 1.82) is 0 Å². The molecule has 0 aliphatic carbocycles. The molecular weight excluding hydrogens is 242 g/mol. The quantitative estimate of drug-likeness (QED) is 0.468. The van der Waals surface area contributed by atoms with E-state index in [9.17, 15) is 14.4 Å². The van der Waals surface area contributed by atoms with Gasteiger partial charge in [0.25, 0.3) is 0 Å². The maximum atomic E-state index is 11.5. The lowest BCUT2D eigenvalue weighted by Crippen LogP contribution is -2.58. The molecule has 0 aliphatic rings. The van der Waals surface area contributed by atoms with E-state index in [1.165, 1.54) is 21.0 Å². The highest BCUT2D eigenvalue weighted by Crippen LogP contribution is 2.00. The van der Waals surface area contributed by atoms with Gasteiger partial charge in [-0.1, -0.05) is 0 Å². The van der Waals surface area contributed by atoms with E-state index in [2.05, 4.69) is 10.6 Å². The first-order chi connectivity index (χ1) is 8.20. The van der Waals surface area contributed by atoms with E-state index in [1.54, 1.807) is 0 Å². The number of aliphatic carboxylic acids is 1. The summed E-state index contributed by atoms with van der Waals surface area (Å²) in [5.41, 5.74) is 3.82. The van der Waals surface area contributed by atoms with E-state index in [-0.39, 0.29) is 13.0 Å². The SMILES string of the molecule is COCCC(NC(=O)NC(C)(C)C(N)=O)C(=O)O. The van der Waals surface area contributed by atoms with Crippen LogP contribution < -0.4 is 16.4 Å². The molecule has 0 saturated heterocycles. The Bertz CT molecular complexity index is 329. The highest BCUT2D eigenvalue weighted by Gasteiger charge is 2.28. The molecule has 0 bridgehead atoms. The van der Waals surface area contributed by atoms with Crippen LogP contribution in [0.4, 0.5) is 4.79 Å². The van der Waals surface area contributed by atoms with Crippen LogP contribution in [0.25, 0.3) is 0 Å². The zero-order valence-corrected chi connectivity index (χ0v) is 10.6. The van der Waals surface area contributed by atoms with Gasteiger partial charge in [0.05, 0.1) is 0 Å². The number of nitrogens with two attached hydrogens (primary N) is 1. The molecule has 0 rings (SSSR count). The third-order valence-electron chi connectivity index (χ3n) is 2.26. The van der Waals surface area contributed by atoms with Crippen LogP contribution in [-0.2, 0) is 14.3 Å². The minimum absolute atomic E-state index is 0.121. The second-order valence-corrected chi connectivity index (χ2v) is 4.26. The number of hydrogen-bond acceptors (Lipinski definition) is 4. The molecule has 0 aromatic heterocycles. The third kappa shape index (κ3) is 5.48. The summed E-state index contributed by atoms with van der Waals surface area (Å²) in [6, 6.07) is -1.86. The summed E-state index contributed by atoms with van der Waals surface area (Å²) in [5.74, 6) is -1.90. The number of urea groups is 1. The number of rotatable bonds is 7. The Morgan fingerprint density at radius 2 is 1.94 bits per heavy atom. The molecule has 18 heavy (non-hydrogen) atoms. The maximum absolute atomic E-state index is 11.5. The first-order valence-electron chi connectivity index (χ1n) is 5.31. The van der Waals surface area contributed by atoms with Gasteiger partial charge in [-0.15, -0.1) is 0 Å². The molecule has 0 fully saturated rings. The van der Waals surface area contributed by atoms with E-state index in [1.807, 2.05) is 0 Å². The van der Waals surface area contributed by atoms with Crippen molar-refractivity contribution in [2.75, 3.05) is 13.7 Å². The molecule has 8 heteroatoms. The molecule has 1 unspecified atom stereocenters. The van der Waals surface area contributed by atoms with E-state index in [4.69, 9.17) is 15.6 Å². The Kier molecular flexibility index (Phi) is 6.11. The number of carboxylic acid groups (broad SMARTS) is 1. The fourth-order valence-corrected chi connectivity index (χ4v) is 1.03. The van der Waals surface area contributed by atoms with Crippen molar-refractivity contribution in [3.05, 3.63) is 0 Å². The summed E-state index contributed by atoms with van der Waals surface area (Å²) < 4.78 is 4.73. The van der Waals surface area contributed by atoms with Gasteiger partial charge in [0.2, 0.25) is 5.91 Å². The van der Waals surface area contributed by atoms with Crippen LogP contribution in [0.2, 0.25) is 0 Å². The average molecular weight is 261 g/mol. The molecule has 3 amide bonds. The molecule has 0 saturated carbocycles. The Labute approximate surface area is 105 Å². The Hall–Kier alpha value is -1.83. The summed E-state index contributed by atoms with van der Waals surface area (Å²) in [6.45, 7) is 3.02. The maximum Gasteiger partial charge on any atom is 0.326 e. The number of primary amides is 1. The van der Waals surface area contributed by atoms with E-state index >= 15 is 0 Å². The van der Waals surface area contributed by atoms with Gasteiger partial charge in [-0.25, -0.2) is 9.59 Å². The molecule has 0 radical (unpaired) electrons. The predicted octanol–water partition coefficient (Wildman–Crippen LogP) is -0.961. The highest BCUT2D eigenvalue weighted by atomic mass is 16.5.